The summed E-state index contributed by atoms with van der Waals surface area (Å²) >= 11 is 0. The summed E-state index contributed by atoms with van der Waals surface area (Å²) in [5.74, 6) is -2.09. The summed E-state index contributed by atoms with van der Waals surface area (Å²) in [5.41, 5.74) is -6.70. The van der Waals surface area contributed by atoms with Gasteiger partial charge in [-0.3, -0.25) is 9.59 Å². The van der Waals surface area contributed by atoms with E-state index in [-0.39, 0.29) is 41.3 Å². The third-order valence-electron chi connectivity index (χ3n) is 22.6. The number of carbonyl (C=O) groups excluding carboxylic acids is 6. The Morgan fingerprint density at radius 1 is 0.871 bits per heavy atom. The molecule has 2 bridgehead atoms. The van der Waals surface area contributed by atoms with Gasteiger partial charge in [-0.1, -0.05) is 110 Å². The van der Waals surface area contributed by atoms with E-state index in [9.17, 15) is 44.4 Å². The van der Waals surface area contributed by atoms with Crippen LogP contribution in [0, 0.1) is 63.1 Å². The first-order valence-electron chi connectivity index (χ1n) is 31.5. The zero-order valence-electron chi connectivity index (χ0n) is 52.5. The van der Waals surface area contributed by atoms with Crippen molar-refractivity contribution in [3.8, 4) is 0 Å². The molecule has 1 aromatic carbocycles. The molecule has 1 amide bonds. The number of alkyl carbamates (subject to hydrolysis) is 1. The van der Waals surface area contributed by atoms with Crippen LogP contribution in [0.3, 0.4) is 0 Å². The monoisotopic (exact) mass is 1190 g/mol. The summed E-state index contributed by atoms with van der Waals surface area (Å²) in [6.07, 6.45) is 2.55. The molecule has 1 aliphatic heterocycles. The Bertz CT molecular complexity index is 2770. The molecule has 472 valence electrons. The highest BCUT2D eigenvalue weighted by molar-refractivity contribution is 5.93. The second-order valence-electron chi connectivity index (χ2n) is 29.4. The van der Waals surface area contributed by atoms with E-state index in [1.807, 2.05) is 0 Å². The lowest BCUT2D eigenvalue weighted by molar-refractivity contribution is -0.346. The van der Waals surface area contributed by atoms with Crippen LogP contribution < -0.4 is 5.32 Å². The van der Waals surface area contributed by atoms with Crippen molar-refractivity contribution < 1.29 is 82.4 Å². The number of esters is 4. The zero-order valence-corrected chi connectivity index (χ0v) is 52.5. The third-order valence-corrected chi connectivity index (χ3v) is 22.6. The van der Waals surface area contributed by atoms with Gasteiger partial charge in [-0.05, 0) is 143 Å². The molecule has 19 atom stereocenters. The van der Waals surface area contributed by atoms with Gasteiger partial charge in [0.05, 0.1) is 24.2 Å². The minimum absolute atomic E-state index is 0.0384. The number of benzene rings is 1. The molecule has 18 heteroatoms. The lowest BCUT2D eigenvalue weighted by atomic mass is 9.44. The maximum absolute atomic E-state index is 15.1. The number of Topliss-reactive ketones (excluding diaryl/α,β-unsaturated/α-hetero) is 1. The Morgan fingerprint density at radius 3 is 2.21 bits per heavy atom. The van der Waals surface area contributed by atoms with Crippen molar-refractivity contribution in [2.45, 2.75) is 239 Å². The van der Waals surface area contributed by atoms with Crippen LogP contribution >= 0.6 is 0 Å². The number of hydrogen-bond donors (Lipinski definition) is 5. The van der Waals surface area contributed by atoms with Gasteiger partial charge in [0.1, 0.15) is 54.9 Å². The van der Waals surface area contributed by atoms with Gasteiger partial charge in [0.15, 0.2) is 11.4 Å². The van der Waals surface area contributed by atoms with Crippen LogP contribution in [0.15, 0.2) is 53.1 Å². The largest absolute Gasteiger partial charge is 0.460 e. The third kappa shape index (κ3) is 11.7. The number of aliphatic hydroxyl groups excluding tert-OH is 3. The van der Waals surface area contributed by atoms with Crippen molar-refractivity contribution in [3.05, 3.63) is 58.7 Å². The average molecular weight is 1190 g/mol. The van der Waals surface area contributed by atoms with E-state index in [2.05, 4.69) is 46.0 Å². The maximum Gasteiger partial charge on any atom is 0.408 e. The molecule has 1 heterocycles. The van der Waals surface area contributed by atoms with Gasteiger partial charge in [-0.2, -0.15) is 0 Å². The van der Waals surface area contributed by atoms with Crippen LogP contribution in [0.5, 0.6) is 0 Å². The van der Waals surface area contributed by atoms with Gasteiger partial charge in [0.25, 0.3) is 0 Å². The highest BCUT2D eigenvalue weighted by Gasteiger charge is 2.77. The molecule has 18 nitrogen and oxygen atoms in total. The Kier molecular flexibility index (Phi) is 18.3. The van der Waals surface area contributed by atoms with Crippen molar-refractivity contribution >= 4 is 35.8 Å². The summed E-state index contributed by atoms with van der Waals surface area (Å²) in [7, 11) is 0. The van der Waals surface area contributed by atoms with Gasteiger partial charge >= 0.3 is 30.0 Å². The van der Waals surface area contributed by atoms with E-state index in [0.29, 0.717) is 30.1 Å². The second kappa shape index (κ2) is 24.0. The van der Waals surface area contributed by atoms with Crippen molar-refractivity contribution in [2.24, 2.45) is 63.1 Å². The fraction of sp³-hybridized carbons (Fsp3) is 0.761. The second-order valence-corrected chi connectivity index (χ2v) is 29.4. The normalized spacial score (nSPS) is 38.4. The Labute approximate surface area is 502 Å². The topological polar surface area (TPSA) is 260 Å². The molecule has 0 radical (unpaired) electrons. The van der Waals surface area contributed by atoms with Crippen LogP contribution in [0.1, 0.15) is 185 Å². The molecule has 8 aliphatic rings. The number of amides is 1. The fourth-order valence-electron chi connectivity index (χ4n) is 18.1. The van der Waals surface area contributed by atoms with E-state index in [0.717, 1.165) is 43.4 Å². The van der Waals surface area contributed by atoms with Crippen molar-refractivity contribution in [3.63, 3.8) is 0 Å². The minimum atomic E-state index is -2.40. The lowest BCUT2D eigenvalue weighted by Gasteiger charge is -2.67. The molecule has 85 heavy (non-hydrogen) atoms. The Hall–Kier alpha value is -4.72. The van der Waals surface area contributed by atoms with E-state index in [4.69, 9.17) is 33.2 Å². The van der Waals surface area contributed by atoms with Crippen LogP contribution in [0.4, 0.5) is 4.79 Å². The standard InChI is InChI=1S/C67H97NO17/c1-36(2)18-17-19-37(3)44-24-25-45-43-23-22-41-30-42(26-28-63(41,11)46(43)27-29-64(44,45)12)81-50(71)33-79-34-51(72)83-55(53(40-20-15-14-16-21-40)68-60(77)85-61(6,7)8)59(76)82-47-32-67(78)58(75)56-65(13,57(74)54(73)52(38(47)4)62(67,9)10)48(70)31-49-66(56,35-80-49)84-39(5)69/h14-16,20-22,36-37,42-49,53-56,58,70,73,75,78H,17-19,23-35H2,1-13H3,(H,68,77)/t37-,42+,43+,44-,45+,46+,47+,48+,49-,53+,54-,55-,56?,58+,63+,64-,65-,66+,67-/m1/s1. The van der Waals surface area contributed by atoms with Crippen LogP contribution in [0.25, 0.3) is 0 Å². The molecule has 6 fully saturated rings. The summed E-state index contributed by atoms with van der Waals surface area (Å²) in [6, 6.07) is 6.62. The van der Waals surface area contributed by atoms with Crippen LogP contribution in [-0.4, -0.2) is 136 Å². The number of ketones is 1. The van der Waals surface area contributed by atoms with Gasteiger partial charge in [-0.15, -0.1) is 0 Å². The number of ether oxygens (including phenoxy) is 7. The molecular formula is C67H97NO17. The summed E-state index contributed by atoms with van der Waals surface area (Å²) in [5, 5.41) is 52.6. The van der Waals surface area contributed by atoms with Crippen LogP contribution in [-0.2, 0) is 57.1 Å². The molecular weight excluding hydrogens is 1090 g/mol. The van der Waals surface area contributed by atoms with Gasteiger partial charge < -0.3 is 58.9 Å². The fourth-order valence-corrected chi connectivity index (χ4v) is 18.1. The minimum Gasteiger partial charge on any atom is -0.460 e. The molecule has 0 aromatic heterocycles. The zero-order chi connectivity index (χ0) is 62.1. The number of carbonyl (C=O) groups is 6. The quantitative estimate of drug-likeness (QED) is 0.0554. The number of allylic oxidation sites excluding steroid dienone is 1. The Morgan fingerprint density at radius 2 is 1.56 bits per heavy atom. The van der Waals surface area contributed by atoms with E-state index < -0.39 is 132 Å². The van der Waals surface area contributed by atoms with Crippen LogP contribution in [0.2, 0.25) is 0 Å². The summed E-state index contributed by atoms with van der Waals surface area (Å²) in [6.45, 7) is 22.4. The highest BCUT2D eigenvalue weighted by atomic mass is 16.6. The molecule has 1 unspecified atom stereocenters. The van der Waals surface area contributed by atoms with E-state index in [1.165, 1.54) is 78.2 Å². The van der Waals surface area contributed by atoms with E-state index >= 15 is 4.79 Å². The molecule has 0 spiro atoms. The van der Waals surface area contributed by atoms with Crippen molar-refractivity contribution in [2.75, 3.05) is 19.8 Å². The number of rotatable bonds is 17. The molecule has 5 N–H and O–H groups in total. The van der Waals surface area contributed by atoms with Crippen molar-refractivity contribution in [1.29, 1.82) is 0 Å². The maximum atomic E-state index is 15.1. The average Bonchev–Trinajstić information content (AvgIpc) is 1.04. The molecule has 1 saturated heterocycles. The van der Waals surface area contributed by atoms with Gasteiger partial charge in [0, 0.05) is 37.5 Å². The van der Waals surface area contributed by atoms with Gasteiger partial charge in [-0.25, -0.2) is 19.2 Å². The Balaban J connectivity index is 0.904. The SMILES string of the molecule is CC(=O)O[C@@]12CO[C@@H]1C[C@H](O)[C@@]1(C)C(=O)[C@H](O)C3=C(C)[C@@H](OC(=O)[C@H](OC(=O)COCC(=O)O[C@H]4CC[C@@]5(C)C(=CC[C@H]6[C@@H]7CC[C@H]([C@H](C)CCCC(C)C)[C@@]7(C)CC[C@@H]65)C4)[C@@H](NC(=O)OC(C)(C)C)c4ccccc4)C[C@@](O)([C@@H](O)C12)C3(C)C. The molecule has 7 aliphatic carbocycles. The summed E-state index contributed by atoms with van der Waals surface area (Å²) < 4.78 is 41.1. The number of nitrogens with one attached hydrogen (secondary N) is 1. The predicted molar refractivity (Wildman–Crippen MR) is 312 cm³/mol. The number of fused-ring (bicyclic) bond motifs is 10. The predicted octanol–water partition coefficient (Wildman–Crippen LogP) is 8.92. The molecule has 1 aromatic rings. The number of aliphatic hydroxyl groups is 4. The van der Waals surface area contributed by atoms with Gasteiger partial charge in [0.2, 0.25) is 6.10 Å². The first kappa shape index (κ1) is 64.7. The first-order valence-corrected chi connectivity index (χ1v) is 31.5. The molecule has 9 rings (SSSR count). The van der Waals surface area contributed by atoms with Crippen molar-refractivity contribution in [1.82, 2.24) is 5.32 Å². The van der Waals surface area contributed by atoms with E-state index in [1.54, 1.807) is 51.1 Å². The summed E-state index contributed by atoms with van der Waals surface area (Å²) in [4.78, 5) is 83.9. The smallest absolute Gasteiger partial charge is 0.408 e. The lowest BCUT2D eigenvalue weighted by Crippen LogP contribution is -2.81. The first-order chi connectivity index (χ1) is 39.7. The number of hydrogen-bond acceptors (Lipinski definition) is 17. The highest BCUT2D eigenvalue weighted by Crippen LogP contribution is 2.68. The molecule has 5 saturated carbocycles.